The van der Waals surface area contributed by atoms with Gasteiger partial charge >= 0.3 is 0 Å². The summed E-state index contributed by atoms with van der Waals surface area (Å²) in [6.07, 6.45) is 1.68. The lowest BCUT2D eigenvalue weighted by Gasteiger charge is -2.19. The summed E-state index contributed by atoms with van der Waals surface area (Å²) in [6.45, 7) is 0. The Balaban J connectivity index is 1.67. The van der Waals surface area contributed by atoms with Crippen LogP contribution in [0, 0.1) is 0 Å². The summed E-state index contributed by atoms with van der Waals surface area (Å²) in [6, 6.07) is 23.4. The number of hydrogen-bond donors (Lipinski definition) is 2. The number of amides is 1. The normalized spacial score (nSPS) is 13.7. The van der Waals surface area contributed by atoms with Gasteiger partial charge in [-0.3, -0.25) is 4.79 Å². The molecule has 1 aliphatic rings. The van der Waals surface area contributed by atoms with E-state index in [4.69, 9.17) is 4.74 Å². The quantitative estimate of drug-likeness (QED) is 0.561. The van der Waals surface area contributed by atoms with E-state index in [0.29, 0.717) is 11.4 Å². The van der Waals surface area contributed by atoms with Gasteiger partial charge in [-0.25, -0.2) is 13.1 Å². The Labute approximate surface area is 182 Å². The molecular formula is C24H24N2O4S. The van der Waals surface area contributed by atoms with Crippen LogP contribution < -0.4 is 14.8 Å². The van der Waals surface area contributed by atoms with Crippen molar-refractivity contribution in [3.63, 3.8) is 0 Å². The van der Waals surface area contributed by atoms with Crippen LogP contribution in [0.2, 0.25) is 0 Å². The molecule has 0 spiro atoms. The highest BCUT2D eigenvalue weighted by Crippen LogP contribution is 2.32. The van der Waals surface area contributed by atoms with Crippen molar-refractivity contribution in [1.29, 1.82) is 0 Å². The van der Waals surface area contributed by atoms with E-state index in [1.54, 1.807) is 6.07 Å². The number of methoxy groups -OCH3 is 1. The molecule has 1 fully saturated rings. The van der Waals surface area contributed by atoms with Crippen molar-refractivity contribution in [3.05, 3.63) is 90.0 Å². The van der Waals surface area contributed by atoms with Crippen molar-refractivity contribution in [3.8, 4) is 5.75 Å². The molecule has 1 aliphatic carbocycles. The van der Waals surface area contributed by atoms with Gasteiger partial charge in [0.05, 0.1) is 23.6 Å². The summed E-state index contributed by atoms with van der Waals surface area (Å²) >= 11 is 0. The van der Waals surface area contributed by atoms with Gasteiger partial charge < -0.3 is 10.1 Å². The van der Waals surface area contributed by atoms with Gasteiger partial charge in [0.15, 0.2) is 0 Å². The molecule has 0 aromatic heterocycles. The smallest absolute Gasteiger partial charge is 0.240 e. The third-order valence-electron chi connectivity index (χ3n) is 5.17. The minimum absolute atomic E-state index is 0.00863. The van der Waals surface area contributed by atoms with E-state index in [2.05, 4.69) is 10.0 Å². The summed E-state index contributed by atoms with van der Waals surface area (Å²) in [5, 5.41) is 2.88. The van der Waals surface area contributed by atoms with Crippen LogP contribution in [0.1, 0.15) is 29.9 Å². The zero-order valence-electron chi connectivity index (χ0n) is 17.1. The Morgan fingerprint density at radius 1 is 0.935 bits per heavy atom. The molecule has 1 amide bonds. The average molecular weight is 437 g/mol. The summed E-state index contributed by atoms with van der Waals surface area (Å²) in [4.78, 5) is 13.5. The van der Waals surface area contributed by atoms with Crippen molar-refractivity contribution >= 4 is 21.6 Å². The summed E-state index contributed by atoms with van der Waals surface area (Å²) in [5.41, 5.74) is 1.98. The Bertz CT molecular complexity index is 1120. The van der Waals surface area contributed by atoms with Gasteiger partial charge in [0.25, 0.3) is 0 Å². The molecule has 0 bridgehead atoms. The third-order valence-corrected chi connectivity index (χ3v) is 6.68. The molecule has 0 radical (unpaired) electrons. The number of carbonyl (C=O) groups is 1. The number of ether oxygens (including phenoxy) is 1. The number of sulfonamides is 1. The molecule has 1 saturated carbocycles. The Morgan fingerprint density at radius 2 is 1.52 bits per heavy atom. The van der Waals surface area contributed by atoms with E-state index in [1.165, 1.54) is 19.2 Å². The number of nitrogens with one attached hydrogen (secondary N) is 2. The molecule has 6 nitrogen and oxygen atoms in total. The van der Waals surface area contributed by atoms with E-state index in [0.717, 1.165) is 24.0 Å². The van der Waals surface area contributed by atoms with Gasteiger partial charge in [-0.05, 0) is 42.2 Å². The highest BCUT2D eigenvalue weighted by Gasteiger charge is 2.29. The second-order valence-corrected chi connectivity index (χ2v) is 9.22. The van der Waals surface area contributed by atoms with Crippen molar-refractivity contribution in [1.82, 2.24) is 4.72 Å². The van der Waals surface area contributed by atoms with Crippen molar-refractivity contribution in [2.24, 2.45) is 0 Å². The number of benzene rings is 3. The van der Waals surface area contributed by atoms with Crippen LogP contribution in [0.25, 0.3) is 0 Å². The van der Waals surface area contributed by atoms with Gasteiger partial charge in [-0.1, -0.05) is 60.7 Å². The third kappa shape index (κ3) is 4.95. The van der Waals surface area contributed by atoms with Crippen molar-refractivity contribution < 1.29 is 17.9 Å². The lowest BCUT2D eigenvalue weighted by molar-refractivity contribution is -0.116. The van der Waals surface area contributed by atoms with Crippen molar-refractivity contribution in [2.75, 3.05) is 12.4 Å². The zero-order valence-corrected chi connectivity index (χ0v) is 17.9. The van der Waals surface area contributed by atoms with E-state index < -0.39 is 15.9 Å². The number of hydrogen-bond acceptors (Lipinski definition) is 4. The lowest BCUT2D eigenvalue weighted by atomic mass is 9.90. The summed E-state index contributed by atoms with van der Waals surface area (Å²) < 4.78 is 33.3. The number of carbonyl (C=O) groups excluding carboxylic acids is 1. The van der Waals surface area contributed by atoms with Crippen molar-refractivity contribution in [2.45, 2.75) is 29.7 Å². The SMILES string of the molecule is COc1ccc(S(=O)(=O)NC2CC2)cc1NC(=O)C(c1ccccc1)c1ccccc1. The maximum absolute atomic E-state index is 13.4. The Morgan fingerprint density at radius 3 is 2.03 bits per heavy atom. The van der Waals surface area contributed by atoms with E-state index >= 15 is 0 Å². The average Bonchev–Trinajstić information content (AvgIpc) is 3.59. The molecule has 2 N–H and O–H groups in total. The fraction of sp³-hybridized carbons (Fsp3) is 0.208. The largest absolute Gasteiger partial charge is 0.495 e. The van der Waals surface area contributed by atoms with Crippen LogP contribution in [0.15, 0.2) is 83.8 Å². The van der Waals surface area contributed by atoms with Gasteiger partial charge in [0, 0.05) is 6.04 Å². The van der Waals surface area contributed by atoms with Crippen LogP contribution in [0.5, 0.6) is 5.75 Å². The molecular weight excluding hydrogens is 412 g/mol. The predicted octanol–water partition coefficient (Wildman–Crippen LogP) is 3.91. The first-order valence-electron chi connectivity index (χ1n) is 10.1. The van der Waals surface area contributed by atoms with Crippen LogP contribution >= 0.6 is 0 Å². The molecule has 4 rings (SSSR count). The molecule has 160 valence electrons. The molecule has 0 heterocycles. The van der Waals surface area contributed by atoms with Gasteiger partial charge in [-0.15, -0.1) is 0 Å². The van der Waals surface area contributed by atoms with Gasteiger partial charge in [0.2, 0.25) is 15.9 Å². The monoisotopic (exact) mass is 436 g/mol. The highest BCUT2D eigenvalue weighted by atomic mass is 32.2. The van der Waals surface area contributed by atoms with Crippen LogP contribution in [-0.2, 0) is 14.8 Å². The minimum Gasteiger partial charge on any atom is -0.495 e. The number of anilines is 1. The maximum Gasteiger partial charge on any atom is 0.240 e. The maximum atomic E-state index is 13.4. The van der Waals surface area contributed by atoms with Gasteiger partial charge in [0.1, 0.15) is 5.75 Å². The Kier molecular flexibility index (Phi) is 6.06. The number of rotatable bonds is 8. The molecule has 7 heteroatoms. The van der Waals surface area contributed by atoms with Crippen LogP contribution in [-0.4, -0.2) is 27.5 Å². The molecule has 0 aliphatic heterocycles. The first kappa shape index (κ1) is 21.1. The molecule has 0 atom stereocenters. The standard InChI is InChI=1S/C24H24N2O4S/c1-30-22-15-14-20(31(28,29)26-19-12-13-19)16-21(22)25-24(27)23(17-8-4-2-5-9-17)18-10-6-3-7-11-18/h2-11,14-16,19,23,26H,12-13H2,1H3,(H,25,27). The second kappa shape index (κ2) is 8.91. The lowest BCUT2D eigenvalue weighted by Crippen LogP contribution is -2.26. The molecule has 0 saturated heterocycles. The first-order valence-corrected chi connectivity index (χ1v) is 11.6. The molecule has 0 unspecified atom stereocenters. The topological polar surface area (TPSA) is 84.5 Å². The minimum atomic E-state index is -3.66. The molecule has 3 aromatic rings. The zero-order chi connectivity index (χ0) is 21.8. The fourth-order valence-corrected chi connectivity index (χ4v) is 4.76. The Hall–Kier alpha value is -3.16. The summed E-state index contributed by atoms with van der Waals surface area (Å²) in [7, 11) is -2.18. The fourth-order valence-electron chi connectivity index (χ4n) is 3.43. The predicted molar refractivity (Wildman–Crippen MR) is 120 cm³/mol. The first-order chi connectivity index (χ1) is 15.0. The molecule has 3 aromatic carbocycles. The van der Waals surface area contributed by atoms with Crippen LogP contribution in [0.4, 0.5) is 5.69 Å². The van der Waals surface area contributed by atoms with Gasteiger partial charge in [-0.2, -0.15) is 0 Å². The highest BCUT2D eigenvalue weighted by molar-refractivity contribution is 7.89. The second-order valence-electron chi connectivity index (χ2n) is 7.50. The van der Waals surface area contributed by atoms with Crippen LogP contribution in [0.3, 0.4) is 0 Å². The van der Waals surface area contributed by atoms with E-state index in [-0.39, 0.29) is 16.8 Å². The summed E-state index contributed by atoms with van der Waals surface area (Å²) in [5.74, 6) is -0.448. The van der Waals surface area contributed by atoms with E-state index in [9.17, 15) is 13.2 Å². The van der Waals surface area contributed by atoms with E-state index in [1.807, 2.05) is 60.7 Å². The molecule has 31 heavy (non-hydrogen) atoms.